The standard InChI is InChI=1S/C13H22/c1-12(2)9-7-11-6-4-5-8-13(11,3)10-12/h7H,4-6,8-10H2,1-3H3/t13-/m1/s1. The summed E-state index contributed by atoms with van der Waals surface area (Å²) >= 11 is 0. The van der Waals surface area contributed by atoms with Crippen LogP contribution < -0.4 is 0 Å². The van der Waals surface area contributed by atoms with Crippen molar-refractivity contribution in [3.05, 3.63) is 11.6 Å². The first kappa shape index (κ1) is 9.30. The normalized spacial score (nSPS) is 37.9. The van der Waals surface area contributed by atoms with Crippen molar-refractivity contribution in [3.63, 3.8) is 0 Å². The molecule has 0 aliphatic heterocycles. The average Bonchev–Trinajstić information content (AvgIpc) is 2.00. The summed E-state index contributed by atoms with van der Waals surface area (Å²) < 4.78 is 0. The number of hydrogen-bond acceptors (Lipinski definition) is 0. The Morgan fingerprint density at radius 2 is 1.92 bits per heavy atom. The van der Waals surface area contributed by atoms with Crippen molar-refractivity contribution >= 4 is 0 Å². The van der Waals surface area contributed by atoms with E-state index in [0.717, 1.165) is 0 Å². The second kappa shape index (κ2) is 2.87. The summed E-state index contributed by atoms with van der Waals surface area (Å²) in [6.45, 7) is 7.32. The summed E-state index contributed by atoms with van der Waals surface area (Å²) in [4.78, 5) is 0. The highest BCUT2D eigenvalue weighted by Gasteiger charge is 2.39. The van der Waals surface area contributed by atoms with Crippen LogP contribution in [0.4, 0.5) is 0 Å². The van der Waals surface area contributed by atoms with Crippen LogP contribution in [0.25, 0.3) is 0 Å². The Kier molecular flexibility index (Phi) is 2.05. The van der Waals surface area contributed by atoms with Gasteiger partial charge in [0.15, 0.2) is 0 Å². The summed E-state index contributed by atoms with van der Waals surface area (Å²) in [5.74, 6) is 0. The third-order valence-corrected chi connectivity index (χ3v) is 3.97. The van der Waals surface area contributed by atoms with Crippen LogP contribution in [0.2, 0.25) is 0 Å². The minimum Gasteiger partial charge on any atom is -0.0842 e. The molecule has 0 nitrogen and oxygen atoms in total. The lowest BCUT2D eigenvalue weighted by molar-refractivity contribution is 0.159. The summed E-state index contributed by atoms with van der Waals surface area (Å²) in [7, 11) is 0. The average molecular weight is 178 g/mol. The van der Waals surface area contributed by atoms with Gasteiger partial charge in [0.25, 0.3) is 0 Å². The van der Waals surface area contributed by atoms with E-state index in [1.807, 2.05) is 0 Å². The highest BCUT2D eigenvalue weighted by molar-refractivity contribution is 5.20. The number of hydrogen-bond donors (Lipinski definition) is 0. The number of allylic oxidation sites excluding steroid dienone is 2. The van der Waals surface area contributed by atoms with Crippen LogP contribution in [0, 0.1) is 10.8 Å². The van der Waals surface area contributed by atoms with E-state index < -0.39 is 0 Å². The van der Waals surface area contributed by atoms with E-state index in [-0.39, 0.29) is 0 Å². The van der Waals surface area contributed by atoms with Gasteiger partial charge in [0, 0.05) is 0 Å². The molecular weight excluding hydrogens is 156 g/mol. The zero-order chi connectivity index (χ0) is 9.53. The van der Waals surface area contributed by atoms with Crippen molar-refractivity contribution in [2.75, 3.05) is 0 Å². The second-order valence-corrected chi connectivity index (χ2v) is 6.04. The van der Waals surface area contributed by atoms with Crippen LogP contribution >= 0.6 is 0 Å². The molecule has 13 heavy (non-hydrogen) atoms. The van der Waals surface area contributed by atoms with E-state index in [1.54, 1.807) is 5.57 Å². The summed E-state index contributed by atoms with van der Waals surface area (Å²) in [5.41, 5.74) is 2.90. The third kappa shape index (κ3) is 1.68. The van der Waals surface area contributed by atoms with Crippen LogP contribution in [0.1, 0.15) is 59.3 Å². The molecule has 1 atom stereocenters. The lowest BCUT2D eigenvalue weighted by Crippen LogP contribution is -2.33. The monoisotopic (exact) mass is 178 g/mol. The van der Waals surface area contributed by atoms with E-state index in [4.69, 9.17) is 0 Å². The first-order chi connectivity index (χ1) is 6.02. The molecule has 0 bridgehead atoms. The topological polar surface area (TPSA) is 0 Å². The Balaban J connectivity index is 2.26. The lowest BCUT2D eigenvalue weighted by Gasteiger charge is -2.46. The van der Waals surface area contributed by atoms with Crippen LogP contribution in [-0.2, 0) is 0 Å². The molecule has 74 valence electrons. The maximum atomic E-state index is 2.54. The van der Waals surface area contributed by atoms with Crippen LogP contribution in [0.5, 0.6) is 0 Å². The van der Waals surface area contributed by atoms with Crippen LogP contribution in [0.3, 0.4) is 0 Å². The van der Waals surface area contributed by atoms with Gasteiger partial charge in [0.1, 0.15) is 0 Å². The molecule has 0 amide bonds. The van der Waals surface area contributed by atoms with Gasteiger partial charge in [-0.25, -0.2) is 0 Å². The van der Waals surface area contributed by atoms with Crippen molar-refractivity contribution in [2.24, 2.45) is 10.8 Å². The fourth-order valence-corrected chi connectivity index (χ4v) is 3.37. The number of fused-ring (bicyclic) bond motifs is 1. The SMILES string of the molecule is CC1(C)CC=C2CCCC[C@]2(C)C1. The highest BCUT2D eigenvalue weighted by Crippen LogP contribution is 2.52. The molecule has 0 N–H and O–H groups in total. The molecule has 0 aromatic rings. The van der Waals surface area contributed by atoms with Gasteiger partial charge in [-0.3, -0.25) is 0 Å². The minimum absolute atomic E-state index is 0.551. The van der Waals surface area contributed by atoms with Crippen LogP contribution in [0.15, 0.2) is 11.6 Å². The Bertz CT molecular complexity index is 234. The van der Waals surface area contributed by atoms with Crippen molar-refractivity contribution in [2.45, 2.75) is 59.3 Å². The maximum Gasteiger partial charge on any atom is -0.0111 e. The van der Waals surface area contributed by atoms with Gasteiger partial charge >= 0.3 is 0 Å². The molecule has 0 aromatic heterocycles. The number of rotatable bonds is 0. The predicted octanol–water partition coefficient (Wildman–Crippen LogP) is 4.31. The van der Waals surface area contributed by atoms with Gasteiger partial charge in [0.05, 0.1) is 0 Å². The lowest BCUT2D eigenvalue weighted by atomic mass is 9.59. The third-order valence-electron chi connectivity index (χ3n) is 3.97. The van der Waals surface area contributed by atoms with Crippen molar-refractivity contribution < 1.29 is 0 Å². The second-order valence-electron chi connectivity index (χ2n) is 6.04. The van der Waals surface area contributed by atoms with Gasteiger partial charge in [-0.1, -0.05) is 38.8 Å². The molecule has 0 spiro atoms. The summed E-state index contributed by atoms with van der Waals surface area (Å²) in [5, 5.41) is 0. The van der Waals surface area contributed by atoms with Gasteiger partial charge < -0.3 is 0 Å². The van der Waals surface area contributed by atoms with E-state index in [9.17, 15) is 0 Å². The first-order valence-electron chi connectivity index (χ1n) is 5.71. The smallest absolute Gasteiger partial charge is 0.0111 e. The molecule has 0 radical (unpaired) electrons. The molecule has 2 rings (SSSR count). The summed E-state index contributed by atoms with van der Waals surface area (Å²) in [6.07, 6.45) is 11.0. The van der Waals surface area contributed by atoms with Gasteiger partial charge in [-0.2, -0.15) is 0 Å². The largest absolute Gasteiger partial charge is 0.0842 e. The molecule has 0 heterocycles. The molecule has 2 aliphatic carbocycles. The van der Waals surface area contributed by atoms with E-state index >= 15 is 0 Å². The van der Waals surface area contributed by atoms with Crippen molar-refractivity contribution in [1.29, 1.82) is 0 Å². The maximum absolute atomic E-state index is 2.54. The van der Waals surface area contributed by atoms with Crippen molar-refractivity contribution in [3.8, 4) is 0 Å². The quantitative estimate of drug-likeness (QED) is 0.485. The molecule has 0 saturated heterocycles. The molecule has 0 aromatic carbocycles. The molecule has 0 heteroatoms. The van der Waals surface area contributed by atoms with Gasteiger partial charge in [0.2, 0.25) is 0 Å². The van der Waals surface area contributed by atoms with Gasteiger partial charge in [-0.05, 0) is 42.9 Å². The molecule has 2 aliphatic rings. The van der Waals surface area contributed by atoms with E-state index in [0.29, 0.717) is 10.8 Å². The molecule has 1 fully saturated rings. The molecular formula is C13H22. The molecule has 1 saturated carbocycles. The predicted molar refractivity (Wildman–Crippen MR) is 57.7 cm³/mol. The van der Waals surface area contributed by atoms with E-state index in [1.165, 1.54) is 38.5 Å². The zero-order valence-electron chi connectivity index (χ0n) is 9.32. The Hall–Kier alpha value is -0.260. The minimum atomic E-state index is 0.551. The zero-order valence-corrected chi connectivity index (χ0v) is 9.32. The highest BCUT2D eigenvalue weighted by atomic mass is 14.4. The Labute approximate surface area is 82.4 Å². The van der Waals surface area contributed by atoms with E-state index in [2.05, 4.69) is 26.8 Å². The first-order valence-corrected chi connectivity index (χ1v) is 5.71. The fraction of sp³-hybridized carbons (Fsp3) is 0.846. The Morgan fingerprint density at radius 3 is 2.69 bits per heavy atom. The Morgan fingerprint density at radius 1 is 1.15 bits per heavy atom. The van der Waals surface area contributed by atoms with Gasteiger partial charge in [-0.15, -0.1) is 0 Å². The fourth-order valence-electron chi connectivity index (χ4n) is 3.37. The van der Waals surface area contributed by atoms with Crippen LogP contribution in [-0.4, -0.2) is 0 Å². The van der Waals surface area contributed by atoms with Crippen molar-refractivity contribution in [1.82, 2.24) is 0 Å². The summed E-state index contributed by atoms with van der Waals surface area (Å²) in [6, 6.07) is 0. The molecule has 0 unspecified atom stereocenters.